The van der Waals surface area contributed by atoms with Crippen molar-refractivity contribution in [1.29, 1.82) is 0 Å². The van der Waals surface area contributed by atoms with Gasteiger partial charge in [0, 0.05) is 18.9 Å². The Kier molecular flexibility index (Phi) is 3.98. The van der Waals surface area contributed by atoms with E-state index in [2.05, 4.69) is 19.2 Å². The third-order valence-electron chi connectivity index (χ3n) is 5.87. The SMILES string of the molecule is CC(C)C[C@H](CNC(=O)C1C2C3CCC(C3)C12)CC(=O)O. The molecule has 4 unspecified atom stereocenters. The van der Waals surface area contributed by atoms with Crippen molar-refractivity contribution < 1.29 is 14.7 Å². The largest absolute Gasteiger partial charge is 0.481 e. The molecule has 0 heterocycles. The first-order chi connectivity index (χ1) is 9.97. The van der Waals surface area contributed by atoms with Gasteiger partial charge in [0.25, 0.3) is 0 Å². The maximum atomic E-state index is 12.4. The molecule has 21 heavy (non-hydrogen) atoms. The Morgan fingerprint density at radius 1 is 1.19 bits per heavy atom. The molecule has 2 bridgehead atoms. The summed E-state index contributed by atoms with van der Waals surface area (Å²) in [7, 11) is 0. The van der Waals surface area contributed by atoms with Crippen LogP contribution in [0.3, 0.4) is 0 Å². The molecule has 4 heteroatoms. The van der Waals surface area contributed by atoms with Crippen LogP contribution in [0.1, 0.15) is 46.0 Å². The summed E-state index contributed by atoms with van der Waals surface area (Å²) < 4.78 is 0. The lowest BCUT2D eigenvalue weighted by atomic mass is 9.94. The van der Waals surface area contributed by atoms with Crippen molar-refractivity contribution in [3.8, 4) is 0 Å². The molecule has 3 saturated carbocycles. The second-order valence-corrected chi connectivity index (χ2v) is 7.85. The molecule has 118 valence electrons. The number of carboxylic acids is 1. The Bertz CT molecular complexity index is 418. The highest BCUT2D eigenvalue weighted by Gasteiger charge is 2.67. The molecule has 3 fully saturated rings. The summed E-state index contributed by atoms with van der Waals surface area (Å²) in [5, 5.41) is 12.0. The van der Waals surface area contributed by atoms with Gasteiger partial charge in [-0.1, -0.05) is 13.8 Å². The molecule has 3 aliphatic carbocycles. The molecule has 0 aromatic rings. The molecule has 2 N–H and O–H groups in total. The Labute approximate surface area is 126 Å². The van der Waals surface area contributed by atoms with E-state index in [0.29, 0.717) is 24.3 Å². The average Bonchev–Trinajstić information content (AvgIpc) is 2.83. The average molecular weight is 293 g/mol. The fraction of sp³-hybridized carbons (Fsp3) is 0.882. The molecule has 0 aromatic heterocycles. The summed E-state index contributed by atoms with van der Waals surface area (Å²) >= 11 is 0. The van der Waals surface area contributed by atoms with Gasteiger partial charge < -0.3 is 10.4 Å². The summed E-state index contributed by atoms with van der Waals surface area (Å²) in [5.74, 6) is 3.13. The molecule has 3 rings (SSSR count). The number of nitrogens with one attached hydrogen (secondary N) is 1. The van der Waals surface area contributed by atoms with Gasteiger partial charge in [-0.25, -0.2) is 0 Å². The van der Waals surface area contributed by atoms with Gasteiger partial charge in [-0.15, -0.1) is 0 Å². The minimum atomic E-state index is -0.767. The van der Waals surface area contributed by atoms with Gasteiger partial charge in [-0.2, -0.15) is 0 Å². The lowest BCUT2D eigenvalue weighted by molar-refractivity contribution is -0.138. The highest BCUT2D eigenvalue weighted by Crippen LogP contribution is 2.69. The Morgan fingerprint density at radius 3 is 2.33 bits per heavy atom. The van der Waals surface area contributed by atoms with Gasteiger partial charge in [0.15, 0.2) is 0 Å². The maximum Gasteiger partial charge on any atom is 0.303 e. The smallest absolute Gasteiger partial charge is 0.303 e. The van der Waals surface area contributed by atoms with E-state index >= 15 is 0 Å². The van der Waals surface area contributed by atoms with E-state index in [-0.39, 0.29) is 24.2 Å². The third kappa shape index (κ3) is 2.95. The zero-order valence-corrected chi connectivity index (χ0v) is 13.0. The van der Waals surface area contributed by atoms with Crippen LogP contribution in [0.2, 0.25) is 0 Å². The van der Waals surface area contributed by atoms with Crippen molar-refractivity contribution in [3.05, 3.63) is 0 Å². The van der Waals surface area contributed by atoms with Crippen LogP contribution in [0.15, 0.2) is 0 Å². The standard InChI is InChI=1S/C17H27NO3/c1-9(2)5-10(6-13(19)20)8-18-17(21)16-14-11-3-4-12(7-11)15(14)16/h9-12,14-16H,3-8H2,1-2H3,(H,18,21)(H,19,20)/t10-,11?,12?,14?,15?,16?/m0/s1. The summed E-state index contributed by atoms with van der Waals surface area (Å²) in [6.07, 6.45) is 5.01. The summed E-state index contributed by atoms with van der Waals surface area (Å²) in [4.78, 5) is 23.3. The van der Waals surface area contributed by atoms with Crippen molar-refractivity contribution in [2.45, 2.75) is 46.0 Å². The highest BCUT2D eigenvalue weighted by atomic mass is 16.4. The maximum absolute atomic E-state index is 12.4. The number of rotatable bonds is 7. The lowest BCUT2D eigenvalue weighted by Crippen LogP contribution is -2.33. The predicted molar refractivity (Wildman–Crippen MR) is 79.5 cm³/mol. The Balaban J connectivity index is 1.47. The van der Waals surface area contributed by atoms with E-state index < -0.39 is 5.97 Å². The van der Waals surface area contributed by atoms with E-state index in [9.17, 15) is 9.59 Å². The molecule has 0 saturated heterocycles. The van der Waals surface area contributed by atoms with Gasteiger partial charge in [0.1, 0.15) is 0 Å². The zero-order valence-electron chi connectivity index (χ0n) is 13.0. The van der Waals surface area contributed by atoms with Crippen molar-refractivity contribution in [3.63, 3.8) is 0 Å². The number of carbonyl (C=O) groups excluding carboxylic acids is 1. The summed E-state index contributed by atoms with van der Waals surface area (Å²) in [6, 6.07) is 0. The van der Waals surface area contributed by atoms with Gasteiger partial charge in [-0.05, 0) is 61.2 Å². The first-order valence-corrected chi connectivity index (χ1v) is 8.46. The van der Waals surface area contributed by atoms with Crippen LogP contribution < -0.4 is 5.32 Å². The molecule has 5 atom stereocenters. The molecule has 0 aliphatic heterocycles. The first-order valence-electron chi connectivity index (χ1n) is 8.46. The number of hydrogen-bond donors (Lipinski definition) is 2. The van der Waals surface area contributed by atoms with Crippen molar-refractivity contribution in [1.82, 2.24) is 5.32 Å². The number of hydrogen-bond acceptors (Lipinski definition) is 2. The number of carboxylic acid groups (broad SMARTS) is 1. The van der Waals surface area contributed by atoms with Crippen molar-refractivity contribution in [2.24, 2.45) is 41.4 Å². The number of aliphatic carboxylic acids is 1. The highest BCUT2D eigenvalue weighted by molar-refractivity contribution is 5.82. The van der Waals surface area contributed by atoms with Crippen LogP contribution in [0, 0.1) is 41.4 Å². The van der Waals surface area contributed by atoms with Gasteiger partial charge >= 0.3 is 5.97 Å². The lowest BCUT2D eigenvalue weighted by Gasteiger charge is -2.18. The molecule has 0 radical (unpaired) electrons. The van der Waals surface area contributed by atoms with Crippen LogP contribution >= 0.6 is 0 Å². The normalized spacial score (nSPS) is 37.4. The molecular weight excluding hydrogens is 266 g/mol. The van der Waals surface area contributed by atoms with Crippen LogP contribution in [-0.2, 0) is 9.59 Å². The quantitative estimate of drug-likeness (QED) is 0.758. The number of amides is 1. The number of fused-ring (bicyclic) bond motifs is 5. The van der Waals surface area contributed by atoms with Crippen LogP contribution in [0.4, 0.5) is 0 Å². The third-order valence-corrected chi connectivity index (χ3v) is 5.87. The fourth-order valence-corrected chi connectivity index (χ4v) is 5.19. The van der Waals surface area contributed by atoms with E-state index in [0.717, 1.165) is 18.3 Å². The molecule has 1 amide bonds. The second-order valence-electron chi connectivity index (χ2n) is 7.85. The topological polar surface area (TPSA) is 66.4 Å². The Hall–Kier alpha value is -1.06. The monoisotopic (exact) mass is 293 g/mol. The minimum Gasteiger partial charge on any atom is -0.481 e. The van der Waals surface area contributed by atoms with Crippen molar-refractivity contribution >= 4 is 11.9 Å². The first kappa shape index (κ1) is 14.9. The van der Waals surface area contributed by atoms with E-state index in [1.165, 1.54) is 19.3 Å². The van der Waals surface area contributed by atoms with Crippen LogP contribution in [0.25, 0.3) is 0 Å². The molecular formula is C17H27NO3. The zero-order chi connectivity index (χ0) is 15.1. The summed E-state index contributed by atoms with van der Waals surface area (Å²) in [5.41, 5.74) is 0. The Morgan fingerprint density at radius 2 is 1.81 bits per heavy atom. The number of carbonyl (C=O) groups is 2. The fourth-order valence-electron chi connectivity index (χ4n) is 5.19. The van der Waals surface area contributed by atoms with Crippen LogP contribution in [-0.4, -0.2) is 23.5 Å². The molecule has 0 spiro atoms. The van der Waals surface area contributed by atoms with E-state index in [1.54, 1.807) is 0 Å². The molecule has 3 aliphatic rings. The summed E-state index contributed by atoms with van der Waals surface area (Å²) in [6.45, 7) is 4.72. The molecule has 4 nitrogen and oxygen atoms in total. The molecule has 0 aromatic carbocycles. The van der Waals surface area contributed by atoms with Gasteiger partial charge in [0.2, 0.25) is 5.91 Å². The van der Waals surface area contributed by atoms with Gasteiger partial charge in [-0.3, -0.25) is 9.59 Å². The van der Waals surface area contributed by atoms with E-state index in [4.69, 9.17) is 5.11 Å². The minimum absolute atomic E-state index is 0.0572. The van der Waals surface area contributed by atoms with Crippen molar-refractivity contribution in [2.75, 3.05) is 6.54 Å². The second kappa shape index (κ2) is 5.62. The van der Waals surface area contributed by atoms with Crippen LogP contribution in [0.5, 0.6) is 0 Å². The van der Waals surface area contributed by atoms with Gasteiger partial charge in [0.05, 0.1) is 0 Å². The predicted octanol–water partition coefficient (Wildman–Crippen LogP) is 2.53. The van der Waals surface area contributed by atoms with E-state index in [1.807, 2.05) is 0 Å².